The number of carbonyl (C=O) groups excluding carboxylic acids is 1. The van der Waals surface area contributed by atoms with Crippen molar-refractivity contribution in [2.24, 2.45) is 5.41 Å². The van der Waals surface area contributed by atoms with Gasteiger partial charge in [0.1, 0.15) is 17.3 Å². The number of amides is 1. The first-order chi connectivity index (χ1) is 9.98. The van der Waals surface area contributed by atoms with Crippen molar-refractivity contribution in [2.75, 3.05) is 13.7 Å². The summed E-state index contributed by atoms with van der Waals surface area (Å²) in [7, 11) is 1.64. The molecule has 1 aliphatic heterocycles. The molecule has 1 aliphatic rings. The van der Waals surface area contributed by atoms with E-state index in [-0.39, 0.29) is 11.3 Å². The molecule has 5 nitrogen and oxygen atoms in total. The van der Waals surface area contributed by atoms with Gasteiger partial charge in [0.2, 0.25) is 0 Å². The van der Waals surface area contributed by atoms with Crippen LogP contribution >= 0.6 is 0 Å². The van der Waals surface area contributed by atoms with Crippen LogP contribution in [-0.4, -0.2) is 29.5 Å². The van der Waals surface area contributed by atoms with E-state index in [2.05, 4.69) is 29.1 Å². The SMILES string of the molecule is COc1ccc(-c2nc3c([nH]2)CC(C)(C)CNC3=O)cc1. The molecule has 0 saturated carbocycles. The number of imidazole rings is 1. The van der Waals surface area contributed by atoms with Gasteiger partial charge in [0.05, 0.1) is 7.11 Å². The number of ether oxygens (including phenoxy) is 1. The summed E-state index contributed by atoms with van der Waals surface area (Å²) in [5, 5.41) is 2.93. The summed E-state index contributed by atoms with van der Waals surface area (Å²) in [6.07, 6.45) is 0.796. The fraction of sp³-hybridized carbons (Fsp3) is 0.375. The molecule has 0 bridgehead atoms. The molecule has 3 rings (SSSR count). The molecule has 0 fully saturated rings. The number of hydrogen-bond donors (Lipinski definition) is 2. The number of aromatic amines is 1. The van der Waals surface area contributed by atoms with Crippen molar-refractivity contribution in [1.29, 1.82) is 0 Å². The van der Waals surface area contributed by atoms with Crippen LogP contribution in [0.25, 0.3) is 11.4 Å². The Balaban J connectivity index is 1.99. The molecule has 0 spiro atoms. The molecule has 1 aromatic heterocycles. The number of aromatic nitrogens is 2. The number of benzene rings is 1. The molecule has 0 saturated heterocycles. The third-order valence-corrected chi connectivity index (χ3v) is 3.74. The Bertz CT molecular complexity index is 671. The largest absolute Gasteiger partial charge is 0.497 e. The summed E-state index contributed by atoms with van der Waals surface area (Å²) in [5.74, 6) is 1.41. The van der Waals surface area contributed by atoms with Crippen LogP contribution in [0.5, 0.6) is 5.75 Å². The molecule has 5 heteroatoms. The topological polar surface area (TPSA) is 67.0 Å². The summed E-state index contributed by atoms with van der Waals surface area (Å²) < 4.78 is 5.15. The molecule has 1 aromatic carbocycles. The van der Waals surface area contributed by atoms with Crippen LogP contribution in [0.3, 0.4) is 0 Å². The van der Waals surface area contributed by atoms with E-state index in [1.54, 1.807) is 7.11 Å². The van der Waals surface area contributed by atoms with Crippen molar-refractivity contribution in [3.8, 4) is 17.1 Å². The zero-order valence-electron chi connectivity index (χ0n) is 12.5. The van der Waals surface area contributed by atoms with E-state index in [0.29, 0.717) is 12.2 Å². The van der Waals surface area contributed by atoms with E-state index < -0.39 is 0 Å². The van der Waals surface area contributed by atoms with Gasteiger partial charge >= 0.3 is 0 Å². The van der Waals surface area contributed by atoms with Gasteiger partial charge in [-0.1, -0.05) is 13.8 Å². The van der Waals surface area contributed by atoms with Crippen LogP contribution in [0.15, 0.2) is 24.3 Å². The molecular weight excluding hydrogens is 266 g/mol. The van der Waals surface area contributed by atoms with E-state index >= 15 is 0 Å². The van der Waals surface area contributed by atoms with Crippen molar-refractivity contribution in [2.45, 2.75) is 20.3 Å². The number of rotatable bonds is 2. The number of fused-ring (bicyclic) bond motifs is 1. The monoisotopic (exact) mass is 285 g/mol. The molecule has 21 heavy (non-hydrogen) atoms. The Labute approximate surface area is 123 Å². The number of methoxy groups -OCH3 is 1. The van der Waals surface area contributed by atoms with Gasteiger partial charge < -0.3 is 15.0 Å². The maximum absolute atomic E-state index is 12.1. The molecule has 2 N–H and O–H groups in total. The highest BCUT2D eigenvalue weighted by Crippen LogP contribution is 2.28. The molecule has 1 amide bonds. The summed E-state index contributed by atoms with van der Waals surface area (Å²) >= 11 is 0. The lowest BCUT2D eigenvalue weighted by Crippen LogP contribution is -2.32. The zero-order chi connectivity index (χ0) is 15.0. The molecule has 2 heterocycles. The van der Waals surface area contributed by atoms with E-state index in [1.807, 2.05) is 24.3 Å². The maximum atomic E-state index is 12.1. The first kappa shape index (κ1) is 13.7. The van der Waals surface area contributed by atoms with E-state index in [1.165, 1.54) is 0 Å². The molecule has 110 valence electrons. The first-order valence-corrected chi connectivity index (χ1v) is 7.00. The fourth-order valence-corrected chi connectivity index (χ4v) is 2.56. The van der Waals surface area contributed by atoms with Crippen LogP contribution in [0.2, 0.25) is 0 Å². The summed E-state index contributed by atoms with van der Waals surface area (Å²) in [6.45, 7) is 4.93. The lowest BCUT2D eigenvalue weighted by atomic mass is 9.88. The summed E-state index contributed by atoms with van der Waals surface area (Å²) in [5.41, 5.74) is 2.37. The summed E-state index contributed by atoms with van der Waals surface area (Å²) in [6, 6.07) is 7.63. The van der Waals surface area contributed by atoms with Crippen molar-refractivity contribution >= 4 is 5.91 Å². The average Bonchev–Trinajstić information content (AvgIpc) is 2.84. The second-order valence-corrected chi connectivity index (χ2v) is 6.16. The van der Waals surface area contributed by atoms with Gasteiger partial charge in [-0.3, -0.25) is 4.79 Å². The van der Waals surface area contributed by atoms with Gasteiger partial charge in [0, 0.05) is 17.8 Å². The number of carbonyl (C=O) groups is 1. The Morgan fingerprint density at radius 3 is 2.62 bits per heavy atom. The Morgan fingerprint density at radius 2 is 1.95 bits per heavy atom. The van der Waals surface area contributed by atoms with Gasteiger partial charge in [-0.25, -0.2) is 4.98 Å². The minimum atomic E-state index is -0.105. The van der Waals surface area contributed by atoms with Gasteiger partial charge in [-0.05, 0) is 36.1 Å². The number of hydrogen-bond acceptors (Lipinski definition) is 3. The highest BCUT2D eigenvalue weighted by Gasteiger charge is 2.29. The normalized spacial score (nSPS) is 16.8. The standard InChI is InChI=1S/C16H19N3O2/c1-16(2)8-12-13(15(20)17-9-16)19-14(18-12)10-4-6-11(21-3)7-5-10/h4-7H,8-9H2,1-3H3,(H,17,20)(H,18,19). The van der Waals surface area contributed by atoms with E-state index in [4.69, 9.17) is 4.74 Å². The van der Waals surface area contributed by atoms with Crippen molar-refractivity contribution < 1.29 is 9.53 Å². The van der Waals surface area contributed by atoms with Crippen LogP contribution in [0, 0.1) is 5.41 Å². The fourth-order valence-electron chi connectivity index (χ4n) is 2.56. The van der Waals surface area contributed by atoms with Gasteiger partial charge in [-0.15, -0.1) is 0 Å². The molecule has 2 aromatic rings. The van der Waals surface area contributed by atoms with Crippen LogP contribution in [0.4, 0.5) is 0 Å². The Morgan fingerprint density at radius 1 is 1.24 bits per heavy atom. The summed E-state index contributed by atoms with van der Waals surface area (Å²) in [4.78, 5) is 19.9. The Hall–Kier alpha value is -2.30. The first-order valence-electron chi connectivity index (χ1n) is 7.00. The van der Waals surface area contributed by atoms with Crippen LogP contribution < -0.4 is 10.1 Å². The van der Waals surface area contributed by atoms with Crippen LogP contribution in [0.1, 0.15) is 30.0 Å². The second kappa shape index (κ2) is 4.91. The van der Waals surface area contributed by atoms with Crippen molar-refractivity contribution in [3.63, 3.8) is 0 Å². The molecular formula is C16H19N3O2. The second-order valence-electron chi connectivity index (χ2n) is 6.16. The lowest BCUT2D eigenvalue weighted by molar-refractivity contribution is 0.0940. The predicted octanol–water partition coefficient (Wildman–Crippen LogP) is 2.40. The minimum Gasteiger partial charge on any atom is -0.497 e. The minimum absolute atomic E-state index is 0.0185. The maximum Gasteiger partial charge on any atom is 0.271 e. The average molecular weight is 285 g/mol. The number of H-pyrrole nitrogens is 1. The highest BCUT2D eigenvalue weighted by atomic mass is 16.5. The van der Waals surface area contributed by atoms with E-state index in [0.717, 1.165) is 29.3 Å². The van der Waals surface area contributed by atoms with Crippen molar-refractivity contribution in [3.05, 3.63) is 35.7 Å². The quantitative estimate of drug-likeness (QED) is 0.890. The predicted molar refractivity (Wildman–Crippen MR) is 80.4 cm³/mol. The molecule has 0 radical (unpaired) electrons. The third kappa shape index (κ3) is 2.63. The van der Waals surface area contributed by atoms with Gasteiger partial charge in [0.25, 0.3) is 5.91 Å². The molecule has 0 atom stereocenters. The smallest absolute Gasteiger partial charge is 0.271 e. The van der Waals surface area contributed by atoms with Gasteiger partial charge in [-0.2, -0.15) is 0 Å². The zero-order valence-corrected chi connectivity index (χ0v) is 12.5. The number of nitrogens with one attached hydrogen (secondary N) is 2. The van der Waals surface area contributed by atoms with Crippen molar-refractivity contribution in [1.82, 2.24) is 15.3 Å². The Kier molecular flexibility index (Phi) is 3.20. The molecule has 0 aliphatic carbocycles. The van der Waals surface area contributed by atoms with Crippen LogP contribution in [-0.2, 0) is 6.42 Å². The van der Waals surface area contributed by atoms with E-state index in [9.17, 15) is 4.79 Å². The van der Waals surface area contributed by atoms with Gasteiger partial charge in [0.15, 0.2) is 0 Å². The number of nitrogens with zero attached hydrogens (tertiary/aromatic N) is 1. The highest BCUT2D eigenvalue weighted by molar-refractivity contribution is 5.94. The third-order valence-electron chi connectivity index (χ3n) is 3.74. The lowest BCUT2D eigenvalue weighted by Gasteiger charge is -2.21. The molecule has 0 unspecified atom stereocenters.